The standard InChI is InChI=1S/C25H39N3O4/c1-16-5-7-20-17(2)22(21-8-6-18(26-21)15-28-13-11-27(4)12-14-28)29-23-25(20)19(16)9-10-24(3,30-23)31-32-25/h6,8,16-17,19-20,22-23,26H,5,7,9-15H2,1-4H3/t16-,17-,19+,20+,22-,23-,24+,25-/m1/s1. The van der Waals surface area contributed by atoms with Gasteiger partial charge in [-0.15, -0.1) is 0 Å². The van der Waals surface area contributed by atoms with Crippen molar-refractivity contribution in [3.05, 3.63) is 23.5 Å². The van der Waals surface area contributed by atoms with E-state index in [1.54, 1.807) is 0 Å². The minimum absolute atomic E-state index is 0.0162. The number of H-pyrrole nitrogens is 1. The van der Waals surface area contributed by atoms with Crippen LogP contribution in [0.3, 0.4) is 0 Å². The zero-order valence-electron chi connectivity index (χ0n) is 20.0. The third-order valence-electron chi connectivity index (χ3n) is 9.22. The third kappa shape index (κ3) is 3.31. The molecule has 6 fully saturated rings. The quantitative estimate of drug-likeness (QED) is 0.717. The van der Waals surface area contributed by atoms with Gasteiger partial charge in [0.2, 0.25) is 5.79 Å². The molecule has 8 atom stereocenters. The van der Waals surface area contributed by atoms with Crippen molar-refractivity contribution >= 4 is 0 Å². The Hall–Kier alpha value is -0.960. The van der Waals surface area contributed by atoms with E-state index in [9.17, 15) is 0 Å². The summed E-state index contributed by atoms with van der Waals surface area (Å²) in [5, 5.41) is 0. The molecule has 1 aromatic rings. The van der Waals surface area contributed by atoms with E-state index in [0.717, 1.165) is 52.0 Å². The lowest BCUT2D eigenvalue weighted by atomic mass is 9.57. The normalized spacial score (nSPS) is 47.2. The molecular weight excluding hydrogens is 406 g/mol. The number of hydrogen-bond donors (Lipinski definition) is 1. The predicted molar refractivity (Wildman–Crippen MR) is 119 cm³/mol. The number of ether oxygens (including phenoxy) is 2. The van der Waals surface area contributed by atoms with E-state index in [-0.39, 0.29) is 12.4 Å². The summed E-state index contributed by atoms with van der Waals surface area (Å²) in [7, 11) is 2.20. The number of aromatic nitrogens is 1. The van der Waals surface area contributed by atoms with Crippen molar-refractivity contribution < 1.29 is 19.2 Å². The van der Waals surface area contributed by atoms with Crippen LogP contribution in [0.4, 0.5) is 0 Å². The second-order valence-electron chi connectivity index (χ2n) is 11.3. The molecular formula is C25H39N3O4. The van der Waals surface area contributed by atoms with E-state index in [4.69, 9.17) is 19.2 Å². The lowest BCUT2D eigenvalue weighted by Gasteiger charge is -2.60. The van der Waals surface area contributed by atoms with Gasteiger partial charge in [0.1, 0.15) is 6.10 Å². The summed E-state index contributed by atoms with van der Waals surface area (Å²) >= 11 is 0. The van der Waals surface area contributed by atoms with Crippen molar-refractivity contribution in [3.8, 4) is 0 Å². The first-order valence-corrected chi connectivity index (χ1v) is 12.7. The smallest absolute Gasteiger partial charge is 0.201 e. The van der Waals surface area contributed by atoms with Crippen molar-refractivity contribution in [1.29, 1.82) is 0 Å². The molecule has 6 heterocycles. The average Bonchev–Trinajstić information content (AvgIpc) is 3.11. The number of likely N-dealkylation sites (N-methyl/N-ethyl adjacent to an activating group) is 1. The summed E-state index contributed by atoms with van der Waals surface area (Å²) in [5.41, 5.74) is 1.95. The van der Waals surface area contributed by atoms with Crippen LogP contribution in [0.25, 0.3) is 0 Å². The Kier molecular flexibility index (Phi) is 5.25. The number of piperazine rings is 1. The zero-order chi connectivity index (χ0) is 22.1. The van der Waals surface area contributed by atoms with Crippen LogP contribution in [0, 0.1) is 23.7 Å². The molecule has 6 aliphatic rings. The van der Waals surface area contributed by atoms with Gasteiger partial charge in [0.25, 0.3) is 0 Å². The second kappa shape index (κ2) is 7.79. The molecule has 7 heteroatoms. The number of nitrogens with one attached hydrogen (secondary N) is 1. The van der Waals surface area contributed by atoms with Crippen LogP contribution in [0.1, 0.15) is 63.9 Å². The van der Waals surface area contributed by atoms with Gasteiger partial charge in [0.05, 0.1) is 0 Å². The fourth-order valence-electron chi connectivity index (χ4n) is 7.22. The summed E-state index contributed by atoms with van der Waals surface area (Å²) in [6, 6.07) is 4.46. The van der Waals surface area contributed by atoms with Gasteiger partial charge in [0.15, 0.2) is 11.9 Å². The highest BCUT2D eigenvalue weighted by atomic mass is 17.3. The van der Waals surface area contributed by atoms with Crippen molar-refractivity contribution in [2.24, 2.45) is 23.7 Å². The summed E-state index contributed by atoms with van der Waals surface area (Å²) in [4.78, 5) is 20.9. The first kappa shape index (κ1) is 21.6. The molecule has 1 spiro atoms. The molecule has 1 aromatic heterocycles. The lowest BCUT2D eigenvalue weighted by Crippen LogP contribution is -2.69. The molecule has 0 amide bonds. The van der Waals surface area contributed by atoms with Crippen LogP contribution in [-0.4, -0.2) is 65.7 Å². The van der Waals surface area contributed by atoms with Crippen LogP contribution in [-0.2, 0) is 25.8 Å². The summed E-state index contributed by atoms with van der Waals surface area (Å²) in [5.74, 6) is 0.973. The highest BCUT2D eigenvalue weighted by Gasteiger charge is 2.69. The molecule has 0 radical (unpaired) electrons. The third-order valence-corrected chi connectivity index (χ3v) is 9.22. The van der Waals surface area contributed by atoms with Crippen molar-refractivity contribution in [2.45, 2.75) is 76.8 Å². The number of rotatable bonds is 3. The fourth-order valence-corrected chi connectivity index (χ4v) is 7.22. The lowest BCUT2D eigenvalue weighted by molar-refractivity contribution is -0.571. The van der Waals surface area contributed by atoms with Crippen LogP contribution >= 0.6 is 0 Å². The average molecular weight is 446 g/mol. The molecule has 32 heavy (non-hydrogen) atoms. The molecule has 1 aliphatic carbocycles. The number of aromatic amines is 1. The van der Waals surface area contributed by atoms with Crippen LogP contribution < -0.4 is 0 Å². The first-order chi connectivity index (χ1) is 15.4. The largest absolute Gasteiger partial charge is 0.359 e. The fraction of sp³-hybridized carbons (Fsp3) is 0.840. The van der Waals surface area contributed by atoms with Gasteiger partial charge in [-0.1, -0.05) is 13.8 Å². The maximum absolute atomic E-state index is 6.78. The molecule has 5 saturated heterocycles. The van der Waals surface area contributed by atoms with Gasteiger partial charge in [-0.3, -0.25) is 4.90 Å². The minimum Gasteiger partial charge on any atom is -0.359 e. The van der Waals surface area contributed by atoms with Crippen LogP contribution in [0.15, 0.2) is 12.1 Å². The van der Waals surface area contributed by atoms with Crippen molar-refractivity contribution in [2.75, 3.05) is 33.2 Å². The van der Waals surface area contributed by atoms with E-state index in [1.165, 1.54) is 17.8 Å². The number of nitrogens with zero attached hydrogens (tertiary/aromatic N) is 2. The highest BCUT2D eigenvalue weighted by molar-refractivity contribution is 5.20. The molecule has 2 bridgehead atoms. The zero-order valence-corrected chi connectivity index (χ0v) is 20.0. The Morgan fingerprint density at radius 3 is 2.66 bits per heavy atom. The Bertz CT molecular complexity index is 839. The SMILES string of the molecule is C[C@H]1[C@H](c2ccc(CN3CCN(C)CC3)[nH]2)O[C@@H]2O[C@]3(C)CC[C@H]4[C@H](C)CC[C@@H]1[C@@]24OO3. The van der Waals surface area contributed by atoms with E-state index < -0.39 is 11.4 Å². The van der Waals surface area contributed by atoms with Crippen LogP contribution in [0.5, 0.6) is 0 Å². The second-order valence-corrected chi connectivity index (χ2v) is 11.3. The number of hydrogen-bond acceptors (Lipinski definition) is 6. The number of fused-ring (bicyclic) bond motifs is 2. The predicted octanol–water partition coefficient (Wildman–Crippen LogP) is 3.69. The van der Waals surface area contributed by atoms with Gasteiger partial charge in [-0.2, -0.15) is 0 Å². The van der Waals surface area contributed by atoms with Gasteiger partial charge in [0, 0.05) is 56.5 Å². The Balaban J connectivity index is 1.26. The molecule has 7 nitrogen and oxygen atoms in total. The minimum atomic E-state index is -0.717. The van der Waals surface area contributed by atoms with Gasteiger partial charge in [-0.25, -0.2) is 9.78 Å². The summed E-state index contributed by atoms with van der Waals surface area (Å²) < 4.78 is 13.3. The molecule has 1 N–H and O–H groups in total. The molecule has 0 aromatic carbocycles. The van der Waals surface area contributed by atoms with E-state index >= 15 is 0 Å². The molecule has 5 aliphatic heterocycles. The monoisotopic (exact) mass is 445 g/mol. The topological polar surface area (TPSA) is 59.2 Å². The molecule has 7 rings (SSSR count). The van der Waals surface area contributed by atoms with E-state index in [1.807, 2.05) is 6.92 Å². The van der Waals surface area contributed by atoms with Gasteiger partial charge < -0.3 is 19.4 Å². The summed E-state index contributed by atoms with van der Waals surface area (Å²) in [6.45, 7) is 12.2. The maximum Gasteiger partial charge on any atom is 0.201 e. The maximum atomic E-state index is 6.78. The molecule has 0 unspecified atom stereocenters. The van der Waals surface area contributed by atoms with Crippen molar-refractivity contribution in [1.82, 2.24) is 14.8 Å². The van der Waals surface area contributed by atoms with Gasteiger partial charge in [-0.05, 0) is 63.1 Å². The molecule has 178 valence electrons. The van der Waals surface area contributed by atoms with Crippen LogP contribution in [0.2, 0.25) is 0 Å². The van der Waals surface area contributed by atoms with Crippen molar-refractivity contribution in [3.63, 3.8) is 0 Å². The van der Waals surface area contributed by atoms with E-state index in [2.05, 4.69) is 47.8 Å². The summed E-state index contributed by atoms with van der Waals surface area (Å²) in [6.07, 6.45) is 3.90. The first-order valence-electron chi connectivity index (χ1n) is 12.7. The highest BCUT2D eigenvalue weighted by Crippen LogP contribution is 2.62. The Morgan fingerprint density at radius 2 is 1.84 bits per heavy atom. The Labute approximate surface area is 191 Å². The van der Waals surface area contributed by atoms with E-state index in [0.29, 0.717) is 23.7 Å². The molecule has 1 saturated carbocycles. The Morgan fingerprint density at radius 1 is 1.03 bits per heavy atom. The van der Waals surface area contributed by atoms with Gasteiger partial charge >= 0.3 is 0 Å².